The van der Waals surface area contributed by atoms with Crippen molar-refractivity contribution < 1.29 is 24.0 Å². The molecule has 3 aromatic rings. The lowest BCUT2D eigenvalue weighted by molar-refractivity contribution is 0.0694. The van der Waals surface area contributed by atoms with Gasteiger partial charge in [-0.25, -0.2) is 9.59 Å². The second kappa shape index (κ2) is 8.21. The number of carboxylic acid groups (broad SMARTS) is 1. The normalized spacial score (nSPS) is 11.5. The van der Waals surface area contributed by atoms with Gasteiger partial charge in [-0.2, -0.15) is 0 Å². The first kappa shape index (κ1) is 18.9. The smallest absolute Gasteiger partial charge is 0.341 e. The lowest BCUT2D eigenvalue weighted by atomic mass is 10.0. The fraction of sp³-hybridized carbons (Fsp3) is 0.158. The Morgan fingerprint density at radius 2 is 2.07 bits per heavy atom. The van der Waals surface area contributed by atoms with E-state index in [-0.39, 0.29) is 17.0 Å². The van der Waals surface area contributed by atoms with Gasteiger partial charge >= 0.3 is 12.0 Å². The number of hydrogen-bond donors (Lipinski definition) is 3. The average molecular weight is 382 g/mol. The van der Waals surface area contributed by atoms with Crippen molar-refractivity contribution in [1.29, 1.82) is 0 Å². The van der Waals surface area contributed by atoms with E-state index in [0.717, 1.165) is 0 Å². The summed E-state index contributed by atoms with van der Waals surface area (Å²) in [5.74, 6) is -0.584. The molecule has 0 aliphatic rings. The number of aromatic nitrogens is 2. The van der Waals surface area contributed by atoms with Crippen LogP contribution < -0.4 is 15.4 Å². The molecule has 3 rings (SSSR count). The molecule has 2 heterocycles. The Hall–Kier alpha value is -3.88. The first-order valence-corrected chi connectivity index (χ1v) is 8.34. The molecule has 0 unspecified atom stereocenters. The topological polar surface area (TPSA) is 127 Å². The van der Waals surface area contributed by atoms with Gasteiger partial charge in [0, 0.05) is 29.7 Å². The largest absolute Gasteiger partial charge is 0.497 e. The van der Waals surface area contributed by atoms with Crippen LogP contribution in [0.4, 0.5) is 10.5 Å². The van der Waals surface area contributed by atoms with Crippen LogP contribution in [0.5, 0.6) is 5.75 Å². The number of carbonyl (C=O) groups is 2. The molecule has 1 atom stereocenters. The van der Waals surface area contributed by atoms with Gasteiger partial charge in [0.05, 0.1) is 13.2 Å². The summed E-state index contributed by atoms with van der Waals surface area (Å²) in [7, 11) is 1.53. The van der Waals surface area contributed by atoms with E-state index in [4.69, 9.17) is 9.26 Å². The number of anilines is 1. The Kier molecular flexibility index (Phi) is 5.54. The number of aromatic carboxylic acids is 1. The fourth-order valence-corrected chi connectivity index (χ4v) is 2.64. The van der Waals surface area contributed by atoms with Crippen molar-refractivity contribution in [3.63, 3.8) is 0 Å². The first-order valence-electron chi connectivity index (χ1n) is 8.34. The molecule has 0 aliphatic carbocycles. The third-order valence-corrected chi connectivity index (χ3v) is 3.94. The molecule has 9 heteroatoms. The summed E-state index contributed by atoms with van der Waals surface area (Å²) >= 11 is 0. The number of rotatable bonds is 6. The van der Waals surface area contributed by atoms with Gasteiger partial charge in [-0.05, 0) is 31.2 Å². The first-order chi connectivity index (χ1) is 13.5. The quantitative estimate of drug-likeness (QED) is 0.597. The number of hydrogen-bond acceptors (Lipinski definition) is 6. The minimum Gasteiger partial charge on any atom is -0.497 e. The molecule has 9 nitrogen and oxygen atoms in total. The van der Waals surface area contributed by atoms with Gasteiger partial charge in [0.15, 0.2) is 5.76 Å². The minimum atomic E-state index is -1.21. The molecule has 144 valence electrons. The van der Waals surface area contributed by atoms with Crippen molar-refractivity contribution in [3.05, 3.63) is 60.1 Å². The molecular weight excluding hydrogens is 364 g/mol. The van der Waals surface area contributed by atoms with Crippen LogP contribution in [0.2, 0.25) is 0 Å². The van der Waals surface area contributed by atoms with E-state index in [1.807, 2.05) is 0 Å². The van der Waals surface area contributed by atoms with E-state index in [2.05, 4.69) is 20.8 Å². The summed E-state index contributed by atoms with van der Waals surface area (Å²) in [6, 6.07) is 8.90. The highest BCUT2D eigenvalue weighted by molar-refractivity contribution is 5.96. The number of methoxy groups -OCH3 is 1. The lowest BCUT2D eigenvalue weighted by Gasteiger charge is -2.13. The second-order valence-electron chi connectivity index (χ2n) is 5.87. The zero-order valence-corrected chi connectivity index (χ0v) is 15.2. The predicted molar refractivity (Wildman–Crippen MR) is 100 cm³/mol. The van der Waals surface area contributed by atoms with Crippen molar-refractivity contribution >= 4 is 17.7 Å². The van der Waals surface area contributed by atoms with E-state index in [1.165, 1.54) is 13.3 Å². The van der Waals surface area contributed by atoms with Crippen molar-refractivity contribution in [1.82, 2.24) is 15.5 Å². The maximum atomic E-state index is 12.3. The highest BCUT2D eigenvalue weighted by Crippen LogP contribution is 2.28. The summed E-state index contributed by atoms with van der Waals surface area (Å²) in [6.07, 6.45) is 3.06. The van der Waals surface area contributed by atoms with E-state index in [1.54, 1.807) is 49.5 Å². The van der Waals surface area contributed by atoms with Crippen LogP contribution in [0.3, 0.4) is 0 Å². The van der Waals surface area contributed by atoms with Crippen LogP contribution in [0.1, 0.15) is 29.1 Å². The molecule has 2 aromatic heterocycles. The third-order valence-electron chi connectivity index (χ3n) is 3.94. The average Bonchev–Trinajstić information content (AvgIpc) is 3.14. The number of carboxylic acids is 1. The molecular formula is C19H18N4O5. The van der Waals surface area contributed by atoms with Gasteiger partial charge in [0.25, 0.3) is 0 Å². The molecule has 3 N–H and O–H groups in total. The highest BCUT2D eigenvalue weighted by atomic mass is 16.5. The minimum absolute atomic E-state index is 0.0344. The third kappa shape index (κ3) is 4.09. The van der Waals surface area contributed by atoms with E-state index >= 15 is 0 Å². The van der Waals surface area contributed by atoms with Gasteiger partial charge < -0.3 is 25.0 Å². The number of ether oxygens (including phenoxy) is 1. The number of urea groups is 1. The van der Waals surface area contributed by atoms with Gasteiger partial charge in [-0.3, -0.25) is 4.98 Å². The van der Waals surface area contributed by atoms with Crippen LogP contribution in [0.15, 0.2) is 53.3 Å². The maximum Gasteiger partial charge on any atom is 0.341 e. The summed E-state index contributed by atoms with van der Waals surface area (Å²) < 4.78 is 10.3. The number of nitrogens with zero attached hydrogens (tertiary/aromatic N) is 2. The molecule has 0 saturated carbocycles. The van der Waals surface area contributed by atoms with Crippen molar-refractivity contribution in [2.45, 2.75) is 13.0 Å². The van der Waals surface area contributed by atoms with Crippen LogP contribution in [0.25, 0.3) is 11.3 Å². The van der Waals surface area contributed by atoms with Crippen LogP contribution in [-0.4, -0.2) is 34.4 Å². The van der Waals surface area contributed by atoms with Crippen LogP contribution in [-0.2, 0) is 0 Å². The Morgan fingerprint density at radius 3 is 2.75 bits per heavy atom. The summed E-state index contributed by atoms with van der Waals surface area (Å²) in [5.41, 5.74) is 1.05. The molecule has 0 spiro atoms. The highest BCUT2D eigenvalue weighted by Gasteiger charge is 2.28. The maximum absolute atomic E-state index is 12.3. The van der Waals surface area contributed by atoms with E-state index in [9.17, 15) is 14.7 Å². The molecule has 0 radical (unpaired) electrons. The number of nitrogens with one attached hydrogen (secondary N) is 2. The van der Waals surface area contributed by atoms with Crippen LogP contribution in [0, 0.1) is 0 Å². The van der Waals surface area contributed by atoms with Crippen LogP contribution >= 0.6 is 0 Å². The van der Waals surface area contributed by atoms with E-state index in [0.29, 0.717) is 17.0 Å². The van der Waals surface area contributed by atoms with E-state index < -0.39 is 18.0 Å². The molecule has 1 aromatic carbocycles. The van der Waals surface area contributed by atoms with Crippen molar-refractivity contribution in [2.24, 2.45) is 0 Å². The second-order valence-corrected chi connectivity index (χ2v) is 5.87. The van der Waals surface area contributed by atoms with Gasteiger partial charge in [-0.1, -0.05) is 11.2 Å². The Balaban J connectivity index is 1.78. The number of carbonyl (C=O) groups excluding carboxylic acids is 1. The zero-order valence-electron chi connectivity index (χ0n) is 15.2. The van der Waals surface area contributed by atoms with Crippen molar-refractivity contribution in [3.8, 4) is 17.0 Å². The predicted octanol–water partition coefficient (Wildman–Crippen LogP) is 3.33. The van der Waals surface area contributed by atoms with Gasteiger partial charge in [0.1, 0.15) is 17.0 Å². The SMILES string of the molecule is COc1cccc(NC(=O)N[C@H](C)c2onc(-c3cccnc3)c2C(=O)O)c1. The monoisotopic (exact) mass is 382 g/mol. The number of amides is 2. The number of benzene rings is 1. The summed E-state index contributed by atoms with van der Waals surface area (Å²) in [6.45, 7) is 1.60. The van der Waals surface area contributed by atoms with Gasteiger partial charge in [0.2, 0.25) is 0 Å². The Labute approximate surface area is 160 Å². The molecule has 0 saturated heterocycles. The molecule has 0 fully saturated rings. The summed E-state index contributed by atoms with van der Waals surface area (Å²) in [5, 5.41) is 18.8. The zero-order chi connectivity index (χ0) is 20.1. The Bertz CT molecular complexity index is 987. The Morgan fingerprint density at radius 1 is 1.25 bits per heavy atom. The summed E-state index contributed by atoms with van der Waals surface area (Å²) in [4.78, 5) is 28.0. The molecule has 28 heavy (non-hydrogen) atoms. The lowest BCUT2D eigenvalue weighted by Crippen LogP contribution is -2.31. The van der Waals surface area contributed by atoms with Gasteiger partial charge in [-0.15, -0.1) is 0 Å². The van der Waals surface area contributed by atoms with Crippen molar-refractivity contribution in [2.75, 3.05) is 12.4 Å². The standard InChI is InChI=1S/C19H18N4O5/c1-11(21-19(26)22-13-6-3-7-14(9-13)27-2)17-15(18(24)25)16(23-28-17)12-5-4-8-20-10-12/h3-11H,1-2H3,(H,24,25)(H2,21,22,26)/t11-/m1/s1. The molecule has 0 bridgehead atoms. The number of pyridine rings is 1. The molecule has 0 aliphatic heterocycles. The fourth-order valence-electron chi connectivity index (χ4n) is 2.64. The molecule has 2 amide bonds.